The highest BCUT2D eigenvalue weighted by Crippen LogP contribution is 2.40. The molecule has 1 N–H and O–H groups in total. The van der Waals surface area contributed by atoms with Crippen LogP contribution in [-0.2, 0) is 4.79 Å². The van der Waals surface area contributed by atoms with E-state index in [9.17, 15) is 4.79 Å². The number of hydrogen-bond acceptors (Lipinski definition) is 6. The van der Waals surface area contributed by atoms with Crippen LogP contribution in [0.15, 0.2) is 35.7 Å². The standard InChI is InChI=1S/C20H16N2O4S.C2H6/c1-11-13(3-5-16-19(11)22-18(23)9-26-16)14-10-27-20(21-14)12-2-4-15-17(8-12)25-7-6-24-15;1-2/h2-5,8,10H,6-7,9H2,1H3,(H,22,23);1-2H3. The highest BCUT2D eigenvalue weighted by atomic mass is 32.1. The Morgan fingerprint density at radius 1 is 1.00 bits per heavy atom. The van der Waals surface area contributed by atoms with E-state index in [1.165, 1.54) is 0 Å². The van der Waals surface area contributed by atoms with Crippen molar-refractivity contribution in [3.8, 4) is 39.1 Å². The molecule has 0 fully saturated rings. The highest BCUT2D eigenvalue weighted by Gasteiger charge is 2.21. The maximum Gasteiger partial charge on any atom is 0.262 e. The molecule has 0 bridgehead atoms. The molecule has 1 amide bonds. The van der Waals surface area contributed by atoms with Crippen LogP contribution in [0.3, 0.4) is 0 Å². The van der Waals surface area contributed by atoms with E-state index >= 15 is 0 Å². The number of benzene rings is 2. The third kappa shape index (κ3) is 3.65. The number of nitrogens with zero attached hydrogens (tertiary/aromatic N) is 1. The van der Waals surface area contributed by atoms with Crippen LogP contribution in [0.25, 0.3) is 21.8 Å². The maximum atomic E-state index is 11.7. The summed E-state index contributed by atoms with van der Waals surface area (Å²) in [7, 11) is 0. The quantitative estimate of drug-likeness (QED) is 0.650. The minimum Gasteiger partial charge on any atom is -0.486 e. The number of fused-ring (bicyclic) bond motifs is 2. The molecule has 2 aromatic carbocycles. The number of rotatable bonds is 2. The monoisotopic (exact) mass is 410 g/mol. The fraction of sp³-hybridized carbons (Fsp3) is 0.273. The molecule has 2 aliphatic heterocycles. The molecule has 1 aromatic heterocycles. The number of hydrogen-bond donors (Lipinski definition) is 1. The van der Waals surface area contributed by atoms with E-state index in [1.54, 1.807) is 11.3 Å². The summed E-state index contributed by atoms with van der Waals surface area (Å²) in [6, 6.07) is 9.73. The lowest BCUT2D eigenvalue weighted by atomic mass is 10.0. The zero-order valence-electron chi connectivity index (χ0n) is 16.6. The lowest BCUT2D eigenvalue weighted by Gasteiger charge is -2.21. The lowest BCUT2D eigenvalue weighted by Crippen LogP contribution is -2.26. The molecule has 0 saturated heterocycles. The SMILES string of the molecule is CC.Cc1c(-c2csc(-c3ccc4c(c3)OCCO4)n2)ccc2c1NC(=O)CO2. The summed E-state index contributed by atoms with van der Waals surface area (Å²) in [6.07, 6.45) is 0. The van der Waals surface area contributed by atoms with Crippen LogP contribution in [0.5, 0.6) is 17.2 Å². The van der Waals surface area contributed by atoms with Crippen molar-refractivity contribution in [2.75, 3.05) is 25.1 Å². The van der Waals surface area contributed by atoms with Gasteiger partial charge in [0.05, 0.1) is 11.4 Å². The molecule has 3 heterocycles. The predicted molar refractivity (Wildman–Crippen MR) is 114 cm³/mol. The van der Waals surface area contributed by atoms with E-state index in [0.717, 1.165) is 44.6 Å². The number of carbonyl (C=O) groups is 1. The number of anilines is 1. The molecule has 2 aliphatic rings. The Bertz CT molecular complexity index is 1060. The average Bonchev–Trinajstić information content (AvgIpc) is 3.25. The highest BCUT2D eigenvalue weighted by molar-refractivity contribution is 7.13. The first kappa shape index (κ1) is 19.3. The summed E-state index contributed by atoms with van der Waals surface area (Å²) in [4.78, 5) is 16.5. The summed E-state index contributed by atoms with van der Waals surface area (Å²) >= 11 is 1.57. The van der Waals surface area contributed by atoms with Crippen molar-refractivity contribution in [2.45, 2.75) is 20.8 Å². The van der Waals surface area contributed by atoms with Gasteiger partial charge >= 0.3 is 0 Å². The van der Waals surface area contributed by atoms with Crippen LogP contribution in [0, 0.1) is 6.92 Å². The number of nitrogens with one attached hydrogen (secondary N) is 1. The third-order valence-electron chi connectivity index (χ3n) is 4.62. The molecule has 29 heavy (non-hydrogen) atoms. The molecular formula is C22H22N2O4S. The summed E-state index contributed by atoms with van der Waals surface area (Å²) < 4.78 is 16.7. The summed E-state index contributed by atoms with van der Waals surface area (Å²) in [5.41, 5.74) is 4.49. The van der Waals surface area contributed by atoms with Gasteiger partial charge in [-0.2, -0.15) is 0 Å². The van der Waals surface area contributed by atoms with Gasteiger partial charge in [-0.15, -0.1) is 11.3 Å². The third-order valence-corrected chi connectivity index (χ3v) is 5.51. The predicted octanol–water partition coefficient (Wildman–Crippen LogP) is 4.91. The Hall–Kier alpha value is -3.06. The summed E-state index contributed by atoms with van der Waals surface area (Å²) in [5.74, 6) is 2.07. The number of thiazole rings is 1. The van der Waals surface area contributed by atoms with E-state index in [0.29, 0.717) is 19.0 Å². The first-order valence-corrected chi connectivity index (χ1v) is 10.5. The van der Waals surface area contributed by atoms with Gasteiger partial charge in [-0.05, 0) is 42.8 Å². The van der Waals surface area contributed by atoms with Crippen LogP contribution in [0.4, 0.5) is 5.69 Å². The Morgan fingerprint density at radius 3 is 2.59 bits per heavy atom. The molecule has 6 nitrogen and oxygen atoms in total. The van der Waals surface area contributed by atoms with Crippen molar-refractivity contribution in [1.29, 1.82) is 0 Å². The van der Waals surface area contributed by atoms with E-state index in [-0.39, 0.29) is 12.5 Å². The molecule has 3 aromatic rings. The summed E-state index contributed by atoms with van der Waals surface area (Å²) in [6.45, 7) is 7.15. The van der Waals surface area contributed by atoms with Crippen molar-refractivity contribution in [2.24, 2.45) is 0 Å². The molecular weight excluding hydrogens is 388 g/mol. The van der Waals surface area contributed by atoms with E-state index in [4.69, 9.17) is 19.2 Å². The van der Waals surface area contributed by atoms with Gasteiger partial charge in [0.25, 0.3) is 5.91 Å². The van der Waals surface area contributed by atoms with Crippen molar-refractivity contribution >= 4 is 22.9 Å². The normalized spacial score (nSPS) is 14.1. The Morgan fingerprint density at radius 2 is 1.76 bits per heavy atom. The zero-order valence-corrected chi connectivity index (χ0v) is 17.4. The molecule has 150 valence electrons. The lowest BCUT2D eigenvalue weighted by molar-refractivity contribution is -0.118. The molecule has 0 radical (unpaired) electrons. The number of ether oxygens (including phenoxy) is 3. The van der Waals surface area contributed by atoms with Gasteiger partial charge in [0.1, 0.15) is 24.0 Å². The van der Waals surface area contributed by atoms with Gasteiger partial charge in [-0.25, -0.2) is 4.98 Å². The van der Waals surface area contributed by atoms with E-state index < -0.39 is 0 Å². The average molecular weight is 410 g/mol. The van der Waals surface area contributed by atoms with Crippen LogP contribution in [0.1, 0.15) is 19.4 Å². The number of amides is 1. The molecule has 0 saturated carbocycles. The fourth-order valence-electron chi connectivity index (χ4n) is 3.27. The van der Waals surface area contributed by atoms with E-state index in [2.05, 4.69) is 5.32 Å². The van der Waals surface area contributed by atoms with Crippen molar-refractivity contribution in [1.82, 2.24) is 4.98 Å². The zero-order chi connectivity index (χ0) is 20.4. The van der Waals surface area contributed by atoms with Gasteiger partial charge in [0.15, 0.2) is 18.1 Å². The van der Waals surface area contributed by atoms with Crippen molar-refractivity contribution in [3.05, 3.63) is 41.3 Å². The number of aromatic nitrogens is 1. The Labute approximate surface area is 173 Å². The Kier molecular flexibility index (Phi) is 5.40. The second-order valence-electron chi connectivity index (χ2n) is 6.34. The second kappa shape index (κ2) is 8.13. The van der Waals surface area contributed by atoms with Gasteiger partial charge in [-0.1, -0.05) is 13.8 Å². The second-order valence-corrected chi connectivity index (χ2v) is 7.20. The van der Waals surface area contributed by atoms with Gasteiger partial charge in [0.2, 0.25) is 0 Å². The molecule has 5 rings (SSSR count). The van der Waals surface area contributed by atoms with Crippen LogP contribution in [-0.4, -0.2) is 30.7 Å². The maximum absolute atomic E-state index is 11.7. The van der Waals surface area contributed by atoms with Crippen molar-refractivity contribution < 1.29 is 19.0 Å². The van der Waals surface area contributed by atoms with Gasteiger partial charge < -0.3 is 19.5 Å². The van der Waals surface area contributed by atoms with Crippen LogP contribution >= 0.6 is 11.3 Å². The first-order chi connectivity index (χ1) is 14.2. The molecule has 0 spiro atoms. The Balaban J connectivity index is 0.000000994. The van der Waals surface area contributed by atoms with Crippen LogP contribution in [0.2, 0.25) is 0 Å². The minimum absolute atomic E-state index is 0.0523. The topological polar surface area (TPSA) is 69.7 Å². The minimum atomic E-state index is -0.141. The molecule has 0 unspecified atom stereocenters. The number of carbonyl (C=O) groups excluding carboxylic acids is 1. The molecule has 0 atom stereocenters. The fourth-order valence-corrected chi connectivity index (χ4v) is 4.08. The van der Waals surface area contributed by atoms with E-state index in [1.807, 2.05) is 56.5 Å². The van der Waals surface area contributed by atoms with Gasteiger partial charge in [-0.3, -0.25) is 4.79 Å². The molecule has 7 heteroatoms. The molecule has 0 aliphatic carbocycles. The van der Waals surface area contributed by atoms with Crippen LogP contribution < -0.4 is 19.5 Å². The largest absolute Gasteiger partial charge is 0.486 e. The van der Waals surface area contributed by atoms with Gasteiger partial charge in [0, 0.05) is 16.5 Å². The first-order valence-electron chi connectivity index (χ1n) is 9.61. The summed E-state index contributed by atoms with van der Waals surface area (Å²) in [5, 5.41) is 5.81. The van der Waals surface area contributed by atoms with Crippen molar-refractivity contribution in [3.63, 3.8) is 0 Å². The smallest absolute Gasteiger partial charge is 0.262 e.